The normalized spacial score (nSPS) is 22.9. The molecule has 0 aromatic carbocycles. The first kappa shape index (κ1) is 9.77. The van der Waals surface area contributed by atoms with E-state index in [0.717, 1.165) is 6.42 Å². The number of ether oxygens (including phenoxy) is 1. The summed E-state index contributed by atoms with van der Waals surface area (Å²) < 4.78 is 4.78. The molecular formula is C9H13NO3. The zero-order valence-electron chi connectivity index (χ0n) is 7.82. The van der Waals surface area contributed by atoms with Crippen molar-refractivity contribution in [3.05, 3.63) is 12.3 Å². The van der Waals surface area contributed by atoms with E-state index >= 15 is 0 Å². The van der Waals surface area contributed by atoms with Crippen molar-refractivity contribution in [1.82, 2.24) is 4.90 Å². The van der Waals surface area contributed by atoms with Crippen molar-refractivity contribution in [1.29, 1.82) is 0 Å². The summed E-state index contributed by atoms with van der Waals surface area (Å²) in [5.41, 5.74) is 0. The van der Waals surface area contributed by atoms with Crippen LogP contribution in [0.25, 0.3) is 0 Å². The van der Waals surface area contributed by atoms with Crippen molar-refractivity contribution in [3.63, 3.8) is 0 Å². The third-order valence-electron chi connectivity index (χ3n) is 1.78. The SMILES string of the molecule is CCCN1C=CC(=O)OC(C)C1=O. The molecule has 0 aromatic heterocycles. The van der Waals surface area contributed by atoms with Crippen LogP contribution >= 0.6 is 0 Å². The van der Waals surface area contributed by atoms with Crippen molar-refractivity contribution in [3.8, 4) is 0 Å². The molecule has 0 bridgehead atoms. The zero-order chi connectivity index (χ0) is 9.84. The van der Waals surface area contributed by atoms with Gasteiger partial charge >= 0.3 is 5.97 Å². The van der Waals surface area contributed by atoms with E-state index in [2.05, 4.69) is 0 Å². The molecule has 0 N–H and O–H groups in total. The molecule has 13 heavy (non-hydrogen) atoms. The molecule has 0 fully saturated rings. The molecule has 1 rings (SSSR count). The van der Waals surface area contributed by atoms with Crippen LogP contribution in [0, 0.1) is 0 Å². The smallest absolute Gasteiger partial charge is 0.333 e. The molecule has 72 valence electrons. The topological polar surface area (TPSA) is 46.6 Å². The first-order valence-corrected chi connectivity index (χ1v) is 4.34. The number of carbonyl (C=O) groups is 2. The molecule has 0 spiro atoms. The van der Waals surface area contributed by atoms with Crippen molar-refractivity contribution in [2.45, 2.75) is 26.4 Å². The van der Waals surface area contributed by atoms with Gasteiger partial charge in [0.15, 0.2) is 6.10 Å². The summed E-state index contributed by atoms with van der Waals surface area (Å²) in [7, 11) is 0. The van der Waals surface area contributed by atoms with Crippen LogP contribution in [-0.2, 0) is 14.3 Å². The lowest BCUT2D eigenvalue weighted by Crippen LogP contribution is -2.34. The van der Waals surface area contributed by atoms with Gasteiger partial charge in [-0.05, 0) is 13.3 Å². The predicted octanol–water partition coefficient (Wildman–Crippen LogP) is 0.684. The Morgan fingerprint density at radius 3 is 2.85 bits per heavy atom. The fourth-order valence-corrected chi connectivity index (χ4v) is 1.15. The molecule has 1 amide bonds. The highest BCUT2D eigenvalue weighted by Crippen LogP contribution is 2.06. The molecular weight excluding hydrogens is 170 g/mol. The molecule has 4 nitrogen and oxygen atoms in total. The number of hydrogen-bond acceptors (Lipinski definition) is 3. The van der Waals surface area contributed by atoms with Crippen LogP contribution in [0.15, 0.2) is 12.3 Å². The molecule has 1 heterocycles. The van der Waals surface area contributed by atoms with Gasteiger partial charge < -0.3 is 9.64 Å². The maximum atomic E-state index is 11.5. The predicted molar refractivity (Wildman–Crippen MR) is 46.7 cm³/mol. The van der Waals surface area contributed by atoms with E-state index in [1.807, 2.05) is 6.92 Å². The number of hydrogen-bond donors (Lipinski definition) is 0. The molecule has 0 radical (unpaired) electrons. The van der Waals surface area contributed by atoms with E-state index in [0.29, 0.717) is 6.54 Å². The Bertz CT molecular complexity index is 247. The van der Waals surface area contributed by atoms with Gasteiger partial charge in [-0.25, -0.2) is 4.79 Å². The van der Waals surface area contributed by atoms with Crippen molar-refractivity contribution in [2.75, 3.05) is 6.54 Å². The highest BCUT2D eigenvalue weighted by Gasteiger charge is 2.24. The third kappa shape index (κ3) is 2.31. The Morgan fingerprint density at radius 2 is 2.23 bits per heavy atom. The highest BCUT2D eigenvalue weighted by atomic mass is 16.5. The minimum Gasteiger partial charge on any atom is -0.449 e. The molecule has 1 aliphatic heterocycles. The fraction of sp³-hybridized carbons (Fsp3) is 0.556. The minimum atomic E-state index is -0.672. The summed E-state index contributed by atoms with van der Waals surface area (Å²) in [5, 5.41) is 0. The van der Waals surface area contributed by atoms with E-state index in [9.17, 15) is 9.59 Å². The molecule has 1 aliphatic rings. The maximum Gasteiger partial charge on any atom is 0.333 e. The molecule has 1 unspecified atom stereocenters. The number of nitrogens with zero attached hydrogens (tertiary/aromatic N) is 1. The second kappa shape index (κ2) is 4.07. The fourth-order valence-electron chi connectivity index (χ4n) is 1.15. The van der Waals surface area contributed by atoms with Gasteiger partial charge in [-0.1, -0.05) is 6.92 Å². The lowest BCUT2D eigenvalue weighted by molar-refractivity contribution is -0.152. The van der Waals surface area contributed by atoms with Crippen LogP contribution < -0.4 is 0 Å². The molecule has 0 saturated heterocycles. The minimum absolute atomic E-state index is 0.163. The summed E-state index contributed by atoms with van der Waals surface area (Å²) in [4.78, 5) is 23.9. The average Bonchev–Trinajstić information content (AvgIpc) is 2.19. The molecule has 4 heteroatoms. The Labute approximate surface area is 77.2 Å². The first-order valence-electron chi connectivity index (χ1n) is 4.34. The summed E-state index contributed by atoms with van der Waals surface area (Å²) in [6.07, 6.45) is 2.94. The molecule has 1 atom stereocenters. The van der Waals surface area contributed by atoms with Crippen LogP contribution in [0.5, 0.6) is 0 Å². The Balaban J connectivity index is 2.75. The number of esters is 1. The lowest BCUT2D eigenvalue weighted by atomic mass is 10.3. The Hall–Kier alpha value is -1.32. The summed E-state index contributed by atoms with van der Waals surface area (Å²) >= 11 is 0. The van der Waals surface area contributed by atoms with Crippen LogP contribution in [0.2, 0.25) is 0 Å². The molecule has 0 aliphatic carbocycles. The number of carbonyl (C=O) groups excluding carboxylic acids is 2. The Kier molecular flexibility index (Phi) is 3.06. The average molecular weight is 183 g/mol. The van der Waals surface area contributed by atoms with Crippen molar-refractivity contribution in [2.24, 2.45) is 0 Å². The monoisotopic (exact) mass is 183 g/mol. The third-order valence-corrected chi connectivity index (χ3v) is 1.78. The summed E-state index contributed by atoms with van der Waals surface area (Å²) in [6, 6.07) is 0. The quantitative estimate of drug-likeness (QED) is 0.591. The van der Waals surface area contributed by atoms with Gasteiger partial charge in [-0.15, -0.1) is 0 Å². The van der Waals surface area contributed by atoms with Gasteiger partial charge in [0.05, 0.1) is 0 Å². The second-order valence-corrected chi connectivity index (χ2v) is 2.93. The van der Waals surface area contributed by atoms with E-state index in [1.165, 1.54) is 17.2 Å². The van der Waals surface area contributed by atoms with Gasteiger partial charge in [-0.2, -0.15) is 0 Å². The molecule has 0 saturated carbocycles. The zero-order valence-corrected chi connectivity index (χ0v) is 7.82. The standard InChI is InChI=1S/C9H13NO3/c1-3-5-10-6-4-8(11)13-7(2)9(10)12/h4,6-7H,3,5H2,1-2H3. The van der Waals surface area contributed by atoms with Crippen LogP contribution in [-0.4, -0.2) is 29.4 Å². The van der Waals surface area contributed by atoms with Gasteiger partial charge in [0, 0.05) is 18.8 Å². The molecule has 0 aromatic rings. The second-order valence-electron chi connectivity index (χ2n) is 2.93. The van der Waals surface area contributed by atoms with Gasteiger partial charge in [0.2, 0.25) is 0 Å². The van der Waals surface area contributed by atoms with E-state index in [4.69, 9.17) is 4.74 Å². The largest absolute Gasteiger partial charge is 0.449 e. The number of amides is 1. The maximum absolute atomic E-state index is 11.5. The Morgan fingerprint density at radius 1 is 1.54 bits per heavy atom. The van der Waals surface area contributed by atoms with E-state index in [-0.39, 0.29) is 5.91 Å². The van der Waals surface area contributed by atoms with Crippen molar-refractivity contribution >= 4 is 11.9 Å². The van der Waals surface area contributed by atoms with Crippen LogP contribution in [0.4, 0.5) is 0 Å². The van der Waals surface area contributed by atoms with E-state index in [1.54, 1.807) is 6.92 Å². The van der Waals surface area contributed by atoms with Crippen molar-refractivity contribution < 1.29 is 14.3 Å². The number of cyclic esters (lactones) is 1. The lowest BCUT2D eigenvalue weighted by Gasteiger charge is -2.18. The first-order chi connectivity index (χ1) is 6.15. The summed E-state index contributed by atoms with van der Waals surface area (Å²) in [5.74, 6) is -0.622. The van der Waals surface area contributed by atoms with Crippen LogP contribution in [0.1, 0.15) is 20.3 Å². The van der Waals surface area contributed by atoms with Crippen LogP contribution in [0.3, 0.4) is 0 Å². The summed E-state index contributed by atoms with van der Waals surface area (Å²) in [6.45, 7) is 4.17. The van der Waals surface area contributed by atoms with Gasteiger partial charge in [0.1, 0.15) is 0 Å². The van der Waals surface area contributed by atoms with Gasteiger partial charge in [-0.3, -0.25) is 4.79 Å². The number of rotatable bonds is 2. The van der Waals surface area contributed by atoms with Gasteiger partial charge in [0.25, 0.3) is 5.91 Å². The highest BCUT2D eigenvalue weighted by molar-refractivity contribution is 5.90. The van der Waals surface area contributed by atoms with E-state index < -0.39 is 12.1 Å².